The summed E-state index contributed by atoms with van der Waals surface area (Å²) in [6.45, 7) is 0. The maximum atomic E-state index is 13.2. The van der Waals surface area contributed by atoms with Gasteiger partial charge in [-0.1, -0.05) is 6.07 Å². The van der Waals surface area contributed by atoms with Crippen LogP contribution >= 0.6 is 11.3 Å². The first kappa shape index (κ1) is 19.4. The molecule has 0 aliphatic heterocycles. The zero-order valence-corrected chi connectivity index (χ0v) is 17.2. The quantitative estimate of drug-likeness (QED) is 0.508. The fourth-order valence-electron chi connectivity index (χ4n) is 3.66. The molecule has 0 atom stereocenters. The van der Waals surface area contributed by atoms with E-state index >= 15 is 0 Å². The Morgan fingerprint density at radius 2 is 1.97 bits per heavy atom. The molecule has 4 aromatic rings. The molecule has 0 bridgehead atoms. The number of fused-ring (bicyclic) bond motifs is 1. The van der Waals surface area contributed by atoms with Crippen molar-refractivity contribution in [3.05, 3.63) is 80.8 Å². The number of hydrogen-bond acceptors (Lipinski definition) is 5. The number of H-pyrrole nitrogens is 1. The summed E-state index contributed by atoms with van der Waals surface area (Å²) in [6.07, 6.45) is 3.41. The number of rotatable bonds is 4. The molecule has 31 heavy (non-hydrogen) atoms. The normalized spacial score (nSPS) is 13.1. The summed E-state index contributed by atoms with van der Waals surface area (Å²) < 4.78 is 14.6. The summed E-state index contributed by atoms with van der Waals surface area (Å²) in [7, 11) is 0. The van der Waals surface area contributed by atoms with Crippen LogP contribution in [-0.4, -0.2) is 25.7 Å². The molecule has 0 saturated heterocycles. The smallest absolute Gasteiger partial charge is 0.256 e. The SMILES string of the molecule is O=C(Nc1cc(-c2cccs2)nn1-c1nc2c(c(=O)[nH]1)CCCC2)c1ccc(F)cc1. The second-order valence-electron chi connectivity index (χ2n) is 7.29. The lowest BCUT2D eigenvalue weighted by molar-refractivity contribution is 0.102. The molecule has 0 radical (unpaired) electrons. The highest BCUT2D eigenvalue weighted by molar-refractivity contribution is 7.13. The van der Waals surface area contributed by atoms with Crippen molar-refractivity contribution >= 4 is 23.1 Å². The Morgan fingerprint density at radius 1 is 1.16 bits per heavy atom. The maximum Gasteiger partial charge on any atom is 0.256 e. The topological polar surface area (TPSA) is 92.7 Å². The Morgan fingerprint density at radius 3 is 2.74 bits per heavy atom. The standard InChI is InChI=1S/C22H18FN5O2S/c23-14-9-7-13(8-10-14)20(29)25-19-12-17(18-6-3-11-31-18)27-28(19)22-24-16-5-2-1-4-15(16)21(30)26-22/h3,6-12H,1-2,4-5H2,(H,25,29)(H,24,26,30). The number of hydrogen-bond donors (Lipinski definition) is 2. The summed E-state index contributed by atoms with van der Waals surface area (Å²) in [5.41, 5.74) is 2.26. The first-order valence-corrected chi connectivity index (χ1v) is 10.8. The van der Waals surface area contributed by atoms with E-state index in [1.165, 1.54) is 40.3 Å². The summed E-state index contributed by atoms with van der Waals surface area (Å²) in [5.74, 6) is -0.226. The zero-order chi connectivity index (χ0) is 21.4. The summed E-state index contributed by atoms with van der Waals surface area (Å²) in [6, 6.07) is 10.8. The third-order valence-corrected chi connectivity index (χ3v) is 6.10. The van der Waals surface area contributed by atoms with Crippen molar-refractivity contribution in [2.24, 2.45) is 0 Å². The van der Waals surface area contributed by atoms with Gasteiger partial charge in [0.25, 0.3) is 11.5 Å². The van der Waals surface area contributed by atoms with Crippen molar-refractivity contribution in [2.75, 3.05) is 5.32 Å². The number of aryl methyl sites for hydroxylation is 1. The Hall–Kier alpha value is -3.59. The molecular weight excluding hydrogens is 417 g/mol. The fraction of sp³-hybridized carbons (Fsp3) is 0.182. The van der Waals surface area contributed by atoms with Crippen LogP contribution in [0.1, 0.15) is 34.5 Å². The molecule has 5 rings (SSSR count). The van der Waals surface area contributed by atoms with Gasteiger partial charge in [0.2, 0.25) is 5.95 Å². The monoisotopic (exact) mass is 435 g/mol. The average molecular weight is 435 g/mol. The molecule has 1 aromatic carbocycles. The predicted molar refractivity (Wildman–Crippen MR) is 116 cm³/mol. The zero-order valence-electron chi connectivity index (χ0n) is 16.4. The Labute approximate surface area is 180 Å². The van der Waals surface area contributed by atoms with E-state index in [0.717, 1.165) is 35.4 Å². The van der Waals surface area contributed by atoms with E-state index in [2.05, 4.69) is 20.4 Å². The number of aromatic nitrogens is 4. The van der Waals surface area contributed by atoms with E-state index in [9.17, 15) is 14.0 Å². The molecule has 0 fully saturated rings. The van der Waals surface area contributed by atoms with Crippen molar-refractivity contribution in [3.63, 3.8) is 0 Å². The van der Waals surface area contributed by atoms with Gasteiger partial charge in [-0.05, 0) is 61.4 Å². The number of carbonyl (C=O) groups excluding carboxylic acids is 1. The second-order valence-corrected chi connectivity index (χ2v) is 8.23. The van der Waals surface area contributed by atoms with E-state index in [1.807, 2.05) is 17.5 Å². The van der Waals surface area contributed by atoms with Crippen LogP contribution in [0.5, 0.6) is 0 Å². The van der Waals surface area contributed by atoms with Crippen molar-refractivity contribution in [1.82, 2.24) is 19.7 Å². The van der Waals surface area contributed by atoms with Crippen molar-refractivity contribution in [1.29, 1.82) is 0 Å². The Kier molecular flexibility index (Phi) is 4.95. The van der Waals surface area contributed by atoms with E-state index in [1.54, 1.807) is 6.07 Å². The molecule has 3 heterocycles. The van der Waals surface area contributed by atoms with Gasteiger partial charge in [-0.2, -0.15) is 9.78 Å². The molecule has 9 heteroatoms. The Balaban J connectivity index is 1.58. The van der Waals surface area contributed by atoms with E-state index in [0.29, 0.717) is 23.5 Å². The van der Waals surface area contributed by atoms with Gasteiger partial charge < -0.3 is 5.32 Å². The third kappa shape index (κ3) is 3.79. The van der Waals surface area contributed by atoms with Crippen LogP contribution in [0.2, 0.25) is 0 Å². The van der Waals surface area contributed by atoms with Crippen LogP contribution in [0.4, 0.5) is 10.2 Å². The highest BCUT2D eigenvalue weighted by Gasteiger charge is 2.20. The number of carbonyl (C=O) groups is 1. The highest BCUT2D eigenvalue weighted by Crippen LogP contribution is 2.28. The maximum absolute atomic E-state index is 13.2. The first-order chi connectivity index (χ1) is 15.1. The van der Waals surface area contributed by atoms with Crippen LogP contribution in [0.25, 0.3) is 16.5 Å². The van der Waals surface area contributed by atoms with Gasteiger partial charge in [0, 0.05) is 17.2 Å². The highest BCUT2D eigenvalue weighted by atomic mass is 32.1. The molecule has 3 aromatic heterocycles. The van der Waals surface area contributed by atoms with Crippen molar-refractivity contribution in [2.45, 2.75) is 25.7 Å². The number of thiophene rings is 1. The lowest BCUT2D eigenvalue weighted by atomic mass is 9.97. The Bertz CT molecular complexity index is 1310. The van der Waals surface area contributed by atoms with Crippen LogP contribution in [0.3, 0.4) is 0 Å². The molecule has 0 saturated carbocycles. The summed E-state index contributed by atoms with van der Waals surface area (Å²) >= 11 is 1.51. The minimum absolute atomic E-state index is 0.177. The van der Waals surface area contributed by atoms with Gasteiger partial charge in [0.05, 0.1) is 10.6 Å². The third-order valence-electron chi connectivity index (χ3n) is 5.21. The number of amides is 1. The molecule has 1 aliphatic carbocycles. The predicted octanol–water partition coefficient (Wildman–Crippen LogP) is 3.95. The average Bonchev–Trinajstić information content (AvgIpc) is 3.44. The number of benzene rings is 1. The van der Waals surface area contributed by atoms with E-state index in [4.69, 9.17) is 0 Å². The van der Waals surface area contributed by atoms with Gasteiger partial charge in [-0.25, -0.2) is 9.37 Å². The van der Waals surface area contributed by atoms with E-state index in [-0.39, 0.29) is 11.5 Å². The molecule has 0 spiro atoms. The van der Waals surface area contributed by atoms with Crippen molar-refractivity contribution in [3.8, 4) is 16.5 Å². The van der Waals surface area contributed by atoms with Crippen LogP contribution < -0.4 is 10.9 Å². The number of aromatic amines is 1. The number of nitrogens with one attached hydrogen (secondary N) is 2. The minimum atomic E-state index is -0.419. The second kappa shape index (κ2) is 7.92. The number of halogens is 1. The van der Waals surface area contributed by atoms with Crippen molar-refractivity contribution < 1.29 is 9.18 Å². The minimum Gasteiger partial charge on any atom is -0.306 e. The molecular formula is C22H18FN5O2S. The van der Waals surface area contributed by atoms with Crippen LogP contribution in [0, 0.1) is 5.82 Å². The van der Waals surface area contributed by atoms with Gasteiger partial charge in [-0.15, -0.1) is 11.3 Å². The number of anilines is 1. The van der Waals surface area contributed by atoms with Gasteiger partial charge in [-0.3, -0.25) is 14.6 Å². The molecule has 1 aliphatic rings. The van der Waals surface area contributed by atoms with E-state index < -0.39 is 11.7 Å². The lowest BCUT2D eigenvalue weighted by Gasteiger charge is -2.15. The van der Waals surface area contributed by atoms with Gasteiger partial charge in [0.15, 0.2) is 0 Å². The largest absolute Gasteiger partial charge is 0.306 e. The lowest BCUT2D eigenvalue weighted by Crippen LogP contribution is -2.24. The summed E-state index contributed by atoms with van der Waals surface area (Å²) in [5, 5.41) is 9.34. The van der Waals surface area contributed by atoms with Crippen LogP contribution in [0.15, 0.2) is 52.6 Å². The molecule has 0 unspecified atom stereocenters. The van der Waals surface area contributed by atoms with Crippen LogP contribution in [-0.2, 0) is 12.8 Å². The number of nitrogens with zero attached hydrogens (tertiary/aromatic N) is 3. The molecule has 156 valence electrons. The van der Waals surface area contributed by atoms with Gasteiger partial charge in [0.1, 0.15) is 17.3 Å². The fourth-order valence-corrected chi connectivity index (χ4v) is 4.34. The molecule has 2 N–H and O–H groups in total. The first-order valence-electron chi connectivity index (χ1n) is 9.92. The summed E-state index contributed by atoms with van der Waals surface area (Å²) in [4.78, 5) is 33.7. The molecule has 7 nitrogen and oxygen atoms in total. The molecule has 1 amide bonds. The van der Waals surface area contributed by atoms with Gasteiger partial charge >= 0.3 is 0 Å².